The summed E-state index contributed by atoms with van der Waals surface area (Å²) in [5, 5.41) is 8.77. The van der Waals surface area contributed by atoms with Gasteiger partial charge in [0, 0.05) is 20.3 Å². The maximum absolute atomic E-state index is 11.6. The van der Waals surface area contributed by atoms with Crippen LogP contribution in [0.5, 0.6) is 0 Å². The van der Waals surface area contributed by atoms with E-state index in [0.29, 0.717) is 12.5 Å². The number of hydrogen-bond donors (Lipinski definition) is 0. The molecule has 82 valence electrons. The number of carbonyl (C=O) groups excluding carboxylic acids is 1. The first-order chi connectivity index (χ1) is 7.24. The van der Waals surface area contributed by atoms with Crippen LogP contribution < -0.4 is 0 Å². The molecule has 5 heteroatoms. The average Bonchev–Trinajstić information content (AvgIpc) is 2.57. The Kier molecular flexibility index (Phi) is 2.78. The molecule has 2 saturated heterocycles. The average molecular weight is 209 g/mol. The van der Waals surface area contributed by atoms with E-state index in [0.717, 1.165) is 26.1 Å². The molecule has 15 heavy (non-hydrogen) atoms. The highest BCUT2D eigenvalue weighted by atomic mass is 16.5. The van der Waals surface area contributed by atoms with Crippen molar-refractivity contribution in [2.45, 2.75) is 18.9 Å². The molecule has 2 heterocycles. The van der Waals surface area contributed by atoms with Gasteiger partial charge in [0.2, 0.25) is 0 Å². The van der Waals surface area contributed by atoms with Crippen molar-refractivity contribution in [3.63, 3.8) is 0 Å². The summed E-state index contributed by atoms with van der Waals surface area (Å²) in [5.41, 5.74) is 0. The second kappa shape index (κ2) is 4.07. The van der Waals surface area contributed by atoms with Crippen molar-refractivity contribution in [2.75, 3.05) is 26.8 Å². The normalized spacial score (nSPS) is 28.3. The monoisotopic (exact) mass is 209 g/mol. The van der Waals surface area contributed by atoms with E-state index in [2.05, 4.69) is 0 Å². The van der Waals surface area contributed by atoms with Crippen LogP contribution in [-0.2, 0) is 4.74 Å². The SMILES string of the molecule is CN1C(=O)N(C#N)CC1C1CCOCC1. The Morgan fingerprint density at radius 2 is 2.13 bits per heavy atom. The molecule has 2 aliphatic heterocycles. The van der Waals surface area contributed by atoms with Crippen molar-refractivity contribution in [3.8, 4) is 6.19 Å². The van der Waals surface area contributed by atoms with E-state index in [1.165, 1.54) is 4.90 Å². The molecular weight excluding hydrogens is 194 g/mol. The van der Waals surface area contributed by atoms with Crippen LogP contribution in [0.3, 0.4) is 0 Å². The van der Waals surface area contributed by atoms with Crippen LogP contribution in [0.15, 0.2) is 0 Å². The standard InChI is InChI=1S/C10H15N3O2/c1-12-9(6-13(7-11)10(12)14)8-2-4-15-5-3-8/h8-9H,2-6H2,1H3. The van der Waals surface area contributed by atoms with E-state index in [9.17, 15) is 4.79 Å². The molecule has 0 bridgehead atoms. The van der Waals surface area contributed by atoms with E-state index in [-0.39, 0.29) is 12.1 Å². The van der Waals surface area contributed by atoms with Crippen molar-refractivity contribution in [2.24, 2.45) is 5.92 Å². The van der Waals surface area contributed by atoms with Gasteiger partial charge in [-0.1, -0.05) is 0 Å². The molecule has 0 aromatic rings. The fourth-order valence-electron chi connectivity index (χ4n) is 2.37. The molecule has 0 N–H and O–H groups in total. The zero-order valence-corrected chi connectivity index (χ0v) is 8.85. The van der Waals surface area contributed by atoms with Gasteiger partial charge in [-0.2, -0.15) is 5.26 Å². The van der Waals surface area contributed by atoms with Crippen molar-refractivity contribution < 1.29 is 9.53 Å². The third-order valence-electron chi connectivity index (χ3n) is 3.33. The van der Waals surface area contributed by atoms with Crippen molar-refractivity contribution in [3.05, 3.63) is 0 Å². The molecule has 2 rings (SSSR count). The zero-order valence-electron chi connectivity index (χ0n) is 8.85. The number of rotatable bonds is 1. The molecule has 2 fully saturated rings. The van der Waals surface area contributed by atoms with Gasteiger partial charge in [-0.3, -0.25) is 0 Å². The summed E-state index contributed by atoms with van der Waals surface area (Å²) in [6.07, 6.45) is 3.90. The fraction of sp³-hybridized carbons (Fsp3) is 0.800. The zero-order chi connectivity index (χ0) is 10.8. The minimum Gasteiger partial charge on any atom is -0.381 e. The minimum atomic E-state index is -0.172. The summed E-state index contributed by atoms with van der Waals surface area (Å²) in [7, 11) is 1.78. The van der Waals surface area contributed by atoms with Crippen LogP contribution in [-0.4, -0.2) is 48.7 Å². The van der Waals surface area contributed by atoms with Gasteiger partial charge in [0.1, 0.15) is 0 Å². The topological polar surface area (TPSA) is 56.6 Å². The predicted molar refractivity (Wildman–Crippen MR) is 52.8 cm³/mol. The molecule has 5 nitrogen and oxygen atoms in total. The molecule has 0 radical (unpaired) electrons. The van der Waals surface area contributed by atoms with Gasteiger partial charge in [-0.15, -0.1) is 0 Å². The van der Waals surface area contributed by atoms with Crippen molar-refractivity contribution >= 4 is 6.03 Å². The number of hydrogen-bond acceptors (Lipinski definition) is 3. The molecule has 1 unspecified atom stereocenters. The Bertz CT molecular complexity index is 294. The second-order valence-electron chi connectivity index (χ2n) is 4.12. The number of likely N-dealkylation sites (N-methyl/N-ethyl adjacent to an activating group) is 1. The van der Waals surface area contributed by atoms with E-state index < -0.39 is 0 Å². The summed E-state index contributed by atoms with van der Waals surface area (Å²) < 4.78 is 5.29. The Morgan fingerprint density at radius 3 is 2.67 bits per heavy atom. The van der Waals surface area contributed by atoms with Gasteiger partial charge in [-0.05, 0) is 18.8 Å². The molecule has 0 aromatic carbocycles. The first-order valence-electron chi connectivity index (χ1n) is 5.26. The molecule has 0 aromatic heterocycles. The van der Waals surface area contributed by atoms with Gasteiger partial charge < -0.3 is 9.64 Å². The Morgan fingerprint density at radius 1 is 1.47 bits per heavy atom. The lowest BCUT2D eigenvalue weighted by atomic mass is 9.91. The predicted octanol–water partition coefficient (Wildman–Crippen LogP) is 0.630. The Labute approximate surface area is 89.2 Å². The van der Waals surface area contributed by atoms with Gasteiger partial charge in [-0.25, -0.2) is 9.69 Å². The quantitative estimate of drug-likeness (QED) is 0.595. The number of ether oxygens (including phenoxy) is 1. The minimum absolute atomic E-state index is 0.172. The smallest absolute Gasteiger partial charge is 0.333 e. The lowest BCUT2D eigenvalue weighted by Gasteiger charge is -2.30. The maximum Gasteiger partial charge on any atom is 0.333 e. The van der Waals surface area contributed by atoms with Crippen LogP contribution in [0.25, 0.3) is 0 Å². The summed E-state index contributed by atoms with van der Waals surface area (Å²) in [4.78, 5) is 14.5. The summed E-state index contributed by atoms with van der Waals surface area (Å²) in [5.74, 6) is 0.478. The Balaban J connectivity index is 2.04. The number of carbonyl (C=O) groups is 1. The van der Waals surface area contributed by atoms with Crippen molar-refractivity contribution in [1.82, 2.24) is 9.80 Å². The summed E-state index contributed by atoms with van der Waals surface area (Å²) >= 11 is 0. The third kappa shape index (κ3) is 1.77. The van der Waals surface area contributed by atoms with Gasteiger partial charge in [0.05, 0.1) is 12.6 Å². The van der Waals surface area contributed by atoms with Gasteiger partial charge in [0.25, 0.3) is 0 Å². The highest BCUT2D eigenvalue weighted by Gasteiger charge is 2.39. The van der Waals surface area contributed by atoms with Crippen molar-refractivity contribution in [1.29, 1.82) is 5.26 Å². The molecule has 0 saturated carbocycles. The molecule has 2 aliphatic rings. The lowest BCUT2D eigenvalue weighted by Crippen LogP contribution is -2.38. The second-order valence-corrected chi connectivity index (χ2v) is 4.12. The number of nitriles is 1. The first kappa shape index (κ1) is 10.2. The number of urea groups is 1. The molecule has 0 spiro atoms. The van der Waals surface area contributed by atoms with Crippen LogP contribution in [0.1, 0.15) is 12.8 Å². The van der Waals surface area contributed by atoms with Crippen LogP contribution in [0, 0.1) is 17.4 Å². The summed E-state index contributed by atoms with van der Waals surface area (Å²) in [6.45, 7) is 2.09. The van der Waals surface area contributed by atoms with E-state index in [1.54, 1.807) is 11.9 Å². The van der Waals surface area contributed by atoms with E-state index in [4.69, 9.17) is 10.00 Å². The molecule has 0 aliphatic carbocycles. The molecule has 1 atom stereocenters. The van der Waals surface area contributed by atoms with Crippen LogP contribution >= 0.6 is 0 Å². The number of nitrogens with zero attached hydrogens (tertiary/aromatic N) is 3. The third-order valence-corrected chi connectivity index (χ3v) is 3.33. The number of amides is 2. The molecule has 2 amide bonds. The van der Waals surface area contributed by atoms with Crippen LogP contribution in [0.4, 0.5) is 4.79 Å². The van der Waals surface area contributed by atoms with E-state index >= 15 is 0 Å². The first-order valence-corrected chi connectivity index (χ1v) is 5.26. The Hall–Kier alpha value is -1.28. The van der Waals surface area contributed by atoms with Crippen LogP contribution in [0.2, 0.25) is 0 Å². The highest BCUT2D eigenvalue weighted by Crippen LogP contribution is 2.27. The summed E-state index contributed by atoms with van der Waals surface area (Å²) in [6, 6.07) is 0.00930. The largest absolute Gasteiger partial charge is 0.381 e. The fourth-order valence-corrected chi connectivity index (χ4v) is 2.37. The molecular formula is C10H15N3O2. The van der Waals surface area contributed by atoms with E-state index in [1.807, 2.05) is 6.19 Å². The lowest BCUT2D eigenvalue weighted by molar-refractivity contribution is 0.0455. The van der Waals surface area contributed by atoms with Gasteiger partial charge in [0.15, 0.2) is 6.19 Å². The maximum atomic E-state index is 11.6. The highest BCUT2D eigenvalue weighted by molar-refractivity contribution is 5.78. The van der Waals surface area contributed by atoms with Gasteiger partial charge >= 0.3 is 6.03 Å².